The van der Waals surface area contributed by atoms with Crippen LogP contribution in [0.4, 0.5) is 13.2 Å². The van der Waals surface area contributed by atoms with Crippen molar-refractivity contribution in [3.05, 3.63) is 32.6 Å². The Kier molecular flexibility index (Phi) is 17.6. The molecule has 4 fully saturated rings. The quantitative estimate of drug-likeness (QED) is 0.0713. The molecule has 24 nitrogen and oxygen atoms in total. The number of carbonyl (C=O) groups is 5. The maximum absolute atomic E-state index is 13.6. The Morgan fingerprint density at radius 1 is 0.892 bits per heavy atom. The van der Waals surface area contributed by atoms with E-state index in [1.165, 1.54) is 12.2 Å². The Labute approximate surface area is 366 Å². The van der Waals surface area contributed by atoms with Crippen LogP contribution in [-0.2, 0) is 47.6 Å². The van der Waals surface area contributed by atoms with Gasteiger partial charge in [0.2, 0.25) is 5.91 Å². The zero-order valence-electron chi connectivity index (χ0n) is 35.0. The average Bonchev–Trinajstić information content (AvgIpc) is 3.25. The van der Waals surface area contributed by atoms with E-state index in [1.807, 2.05) is 4.98 Å². The fourth-order valence-corrected chi connectivity index (χ4v) is 8.44. The molecule has 2 saturated carbocycles. The summed E-state index contributed by atoms with van der Waals surface area (Å²) in [6.45, 7) is -1.02. The summed E-state index contributed by atoms with van der Waals surface area (Å²) in [7, 11) is 1.03. The van der Waals surface area contributed by atoms with Crippen molar-refractivity contribution in [3.63, 3.8) is 0 Å². The molecule has 1 aromatic rings. The van der Waals surface area contributed by atoms with Crippen LogP contribution in [0.5, 0.6) is 0 Å². The predicted octanol–water partition coefficient (Wildman–Crippen LogP) is -3.61. The van der Waals surface area contributed by atoms with Crippen LogP contribution in [0.15, 0.2) is 15.7 Å². The molecule has 65 heavy (non-hydrogen) atoms. The van der Waals surface area contributed by atoms with E-state index in [1.54, 1.807) is 0 Å². The Hall–Kier alpha value is -4.58. The summed E-state index contributed by atoms with van der Waals surface area (Å²) in [4.78, 5) is 92.6. The molecule has 0 bridgehead atoms. The lowest BCUT2D eigenvalue weighted by Gasteiger charge is -2.49. The normalized spacial score (nSPS) is 33.9. The molecule has 3 heterocycles. The fourth-order valence-electron chi connectivity index (χ4n) is 8.44. The third kappa shape index (κ3) is 13.1. The van der Waals surface area contributed by atoms with Crippen LogP contribution in [0.2, 0.25) is 0 Å². The second-order valence-corrected chi connectivity index (χ2v) is 16.4. The average molecular weight is 942 g/mol. The molecule has 2 saturated heterocycles. The van der Waals surface area contributed by atoms with Crippen LogP contribution in [-0.4, -0.2) is 182 Å². The number of aromatic amines is 2. The van der Waals surface area contributed by atoms with Crippen LogP contribution in [0.3, 0.4) is 0 Å². The number of methoxy groups -OCH3 is 1. The highest BCUT2D eigenvalue weighted by molar-refractivity contribution is 5.92. The molecular weight excluding hydrogens is 887 g/mol. The third-order valence-corrected chi connectivity index (χ3v) is 11.8. The summed E-state index contributed by atoms with van der Waals surface area (Å²) in [5.41, 5.74) is -2.63. The van der Waals surface area contributed by atoms with Gasteiger partial charge in [0.05, 0.1) is 44.4 Å². The van der Waals surface area contributed by atoms with Gasteiger partial charge in [0.25, 0.3) is 11.5 Å². The van der Waals surface area contributed by atoms with E-state index in [2.05, 4.69) is 15.6 Å². The molecule has 0 radical (unpaired) electrons. The Balaban J connectivity index is 1.57. The maximum atomic E-state index is 13.6. The number of aliphatic hydroxyl groups is 5. The van der Waals surface area contributed by atoms with Crippen molar-refractivity contribution in [3.8, 4) is 0 Å². The number of ether oxygens (including phenoxy) is 6. The van der Waals surface area contributed by atoms with Gasteiger partial charge in [-0.05, 0) is 32.1 Å². The molecule has 5 rings (SSSR count). The van der Waals surface area contributed by atoms with Gasteiger partial charge in [0, 0.05) is 6.07 Å². The van der Waals surface area contributed by atoms with Crippen molar-refractivity contribution in [2.45, 2.75) is 150 Å². The minimum atomic E-state index is -5.41. The number of carboxylic acids is 1. The number of aliphatic hydroxyl groups excluding tert-OH is 5. The molecule has 366 valence electrons. The Bertz CT molecular complexity index is 1920. The standard InChI is InChI=1S/C38H54F3N5O19/c1-14-25(50)27(52)28(53)35(61-14)65-29-17(43-31(54)18-11-22(48)46-37(59)44-18)9-16(33(57)60-2)10-19(29)63-34-24(45-23(49)12-42-36(58)38(39,40)41)30(26(51)21(13-47)64-34)62-20(32(55)56)8-15-6-4-3-5-7-15/h11,14-17,19-21,24-30,34-35,47,50-53H,3-10,12-13H2,1-2H3,(H,42,58)(H,43,54)(H,45,49)(H,55,56)(H2,44,46,48,59)/t14?,16?,17?,19-,20+,21+,24?,25-,26+,27+,28?,29-,30?,34-,35+/m1/s1. The molecule has 0 aromatic carbocycles. The number of carbonyl (C=O) groups excluding carboxylic acids is 4. The van der Waals surface area contributed by atoms with Crippen molar-refractivity contribution < 1.29 is 96.2 Å². The van der Waals surface area contributed by atoms with Crippen LogP contribution >= 0.6 is 0 Å². The van der Waals surface area contributed by atoms with Gasteiger partial charge in [-0.1, -0.05) is 32.1 Å². The van der Waals surface area contributed by atoms with Crippen molar-refractivity contribution in [1.82, 2.24) is 25.9 Å². The first kappa shape index (κ1) is 51.4. The van der Waals surface area contributed by atoms with E-state index in [9.17, 15) is 77.4 Å². The van der Waals surface area contributed by atoms with E-state index in [0.29, 0.717) is 12.8 Å². The first-order valence-electron chi connectivity index (χ1n) is 20.8. The molecule has 0 spiro atoms. The summed E-state index contributed by atoms with van der Waals surface area (Å²) < 4.78 is 74.2. The minimum absolute atomic E-state index is 0.0843. The van der Waals surface area contributed by atoms with E-state index < -0.39 is 164 Å². The number of nitrogens with one attached hydrogen (secondary N) is 5. The van der Waals surface area contributed by atoms with Gasteiger partial charge in [-0.25, -0.2) is 9.59 Å². The van der Waals surface area contributed by atoms with Gasteiger partial charge >= 0.3 is 29.7 Å². The molecule has 15 atom stereocenters. The van der Waals surface area contributed by atoms with Gasteiger partial charge < -0.3 is 80.0 Å². The van der Waals surface area contributed by atoms with Crippen molar-refractivity contribution in [2.75, 3.05) is 20.3 Å². The summed E-state index contributed by atoms with van der Waals surface area (Å²) in [5.74, 6) is -8.77. The first-order valence-corrected chi connectivity index (χ1v) is 20.8. The van der Waals surface area contributed by atoms with E-state index >= 15 is 0 Å². The number of aromatic nitrogens is 2. The van der Waals surface area contributed by atoms with Crippen molar-refractivity contribution in [2.24, 2.45) is 11.8 Å². The zero-order chi connectivity index (χ0) is 47.9. The number of hydrogen-bond acceptors (Lipinski definition) is 18. The highest BCUT2D eigenvalue weighted by Gasteiger charge is 2.54. The van der Waals surface area contributed by atoms with Crippen LogP contribution in [0, 0.1) is 11.8 Å². The predicted molar refractivity (Wildman–Crippen MR) is 206 cm³/mol. The number of alkyl halides is 3. The molecule has 2 aliphatic carbocycles. The van der Waals surface area contributed by atoms with Crippen LogP contribution in [0.1, 0.15) is 68.8 Å². The molecule has 6 unspecified atom stereocenters. The molecule has 3 amide bonds. The topological polar surface area (TPSA) is 364 Å². The van der Waals surface area contributed by atoms with Crippen molar-refractivity contribution >= 4 is 29.7 Å². The molecule has 27 heteroatoms. The number of H-pyrrole nitrogens is 2. The molecule has 2 aliphatic heterocycles. The number of esters is 1. The second-order valence-electron chi connectivity index (χ2n) is 16.4. The van der Waals surface area contributed by atoms with Gasteiger partial charge in [-0.3, -0.25) is 29.0 Å². The Morgan fingerprint density at radius 2 is 1.58 bits per heavy atom. The third-order valence-electron chi connectivity index (χ3n) is 11.8. The second kappa shape index (κ2) is 22.3. The summed E-state index contributed by atoms with van der Waals surface area (Å²) in [6, 6.07) is -2.66. The van der Waals surface area contributed by atoms with Gasteiger partial charge in [-0.15, -0.1) is 0 Å². The number of hydrogen-bond donors (Lipinski definition) is 11. The maximum Gasteiger partial charge on any atom is 0.471 e. The van der Waals surface area contributed by atoms with E-state index in [4.69, 9.17) is 28.4 Å². The minimum Gasteiger partial charge on any atom is -0.479 e. The molecule has 11 N–H and O–H groups in total. The summed E-state index contributed by atoms with van der Waals surface area (Å²) in [6.07, 6.45) is -23.7. The Morgan fingerprint density at radius 3 is 2.20 bits per heavy atom. The van der Waals surface area contributed by atoms with Gasteiger partial charge in [0.15, 0.2) is 18.7 Å². The summed E-state index contributed by atoms with van der Waals surface area (Å²) >= 11 is 0. The number of carboxylic acid groups (broad SMARTS) is 1. The van der Waals surface area contributed by atoms with Crippen LogP contribution in [0.25, 0.3) is 0 Å². The highest BCUT2D eigenvalue weighted by atomic mass is 19.4. The monoisotopic (exact) mass is 941 g/mol. The van der Waals surface area contributed by atoms with E-state index in [0.717, 1.165) is 32.4 Å². The van der Waals surface area contributed by atoms with Crippen LogP contribution < -0.4 is 27.2 Å². The lowest BCUT2D eigenvalue weighted by Crippen LogP contribution is -2.68. The smallest absolute Gasteiger partial charge is 0.471 e. The zero-order valence-corrected chi connectivity index (χ0v) is 35.0. The molecule has 4 aliphatic rings. The van der Waals surface area contributed by atoms with Gasteiger partial charge in [-0.2, -0.15) is 13.2 Å². The largest absolute Gasteiger partial charge is 0.479 e. The lowest BCUT2D eigenvalue weighted by molar-refractivity contribution is -0.335. The van der Waals surface area contributed by atoms with Crippen molar-refractivity contribution in [1.29, 1.82) is 0 Å². The SMILES string of the molecule is COC(=O)C1CC(NC(=O)c2cc(=O)[nH]c(=O)[nH]2)[C@@H](O[C@@H]2OC(C)[C@@H](O)[C@H](O)C2O)[C@H](O[C@@H]2O[C@@H](CO)[C@H](O)C(O[C@@H](CC3CCCCC3)C(=O)O)C2NC(=O)CNC(=O)C(F)(F)F)C1. The number of amides is 3. The number of aliphatic carboxylic acids is 1. The molecule has 1 aromatic heterocycles. The summed E-state index contributed by atoms with van der Waals surface area (Å²) in [5, 5.41) is 70.3. The van der Waals surface area contributed by atoms with E-state index in [-0.39, 0.29) is 18.8 Å². The number of rotatable bonds is 16. The molecular formula is C38H54F3N5O19. The van der Waals surface area contributed by atoms with Gasteiger partial charge in [0.1, 0.15) is 54.5 Å². The highest BCUT2D eigenvalue weighted by Crippen LogP contribution is 2.37. The lowest BCUT2D eigenvalue weighted by atomic mass is 9.81. The fraction of sp³-hybridized carbons (Fsp3) is 0.763. The number of halogens is 3. The first-order chi connectivity index (χ1) is 30.6.